The van der Waals surface area contributed by atoms with Gasteiger partial charge in [0.15, 0.2) is 5.78 Å². The normalized spacial score (nSPS) is 12.4. The van der Waals surface area contributed by atoms with E-state index in [9.17, 15) is 20.5 Å². The van der Waals surface area contributed by atoms with Crippen molar-refractivity contribution in [2.45, 2.75) is 164 Å². The van der Waals surface area contributed by atoms with Crippen LogP contribution in [0.15, 0.2) is 72.3 Å². The fraction of sp³-hybridized carbons (Fsp3) is 0.481. The van der Waals surface area contributed by atoms with Crippen molar-refractivity contribution in [3.8, 4) is 11.5 Å². The molecule has 316 valence electrons. The molecule has 4 aromatic carbocycles. The summed E-state index contributed by atoms with van der Waals surface area (Å²) in [6.45, 7) is 15.2. The van der Waals surface area contributed by atoms with Gasteiger partial charge in [0.1, 0.15) is 0 Å². The van der Waals surface area contributed by atoms with Crippen LogP contribution in [0.5, 0.6) is 11.5 Å². The van der Waals surface area contributed by atoms with Gasteiger partial charge in [0, 0.05) is 51.3 Å². The van der Waals surface area contributed by atoms with Crippen LogP contribution in [0.4, 0.5) is 0 Å². The molecule has 0 N–H and O–H groups in total. The Balaban J connectivity index is 0.000000306. The SMILES string of the molecule is CCCCCCCCCCCC(=O)c1cc(CCCCC)cc2cc([O-])c([O-])cc12.CCc1ccc(C2=CC(C)=C(c3ccc(CC)c(CC)c3)[N+]2=[N-])cc1CC.[Ni]. The molecule has 1 aliphatic heterocycles. The van der Waals surface area contributed by atoms with Gasteiger partial charge >= 0.3 is 0 Å². The van der Waals surface area contributed by atoms with Crippen molar-refractivity contribution in [2.24, 2.45) is 0 Å². The van der Waals surface area contributed by atoms with Crippen LogP contribution in [0.25, 0.3) is 27.7 Å². The predicted molar refractivity (Wildman–Crippen MR) is 237 cm³/mol. The van der Waals surface area contributed by atoms with Crippen molar-refractivity contribution in [3.05, 3.63) is 122 Å². The van der Waals surface area contributed by atoms with Crippen LogP contribution in [-0.2, 0) is 48.6 Å². The van der Waals surface area contributed by atoms with Crippen molar-refractivity contribution in [1.82, 2.24) is 0 Å². The first-order valence-electron chi connectivity index (χ1n) is 22.2. The molecule has 0 atom stereocenters. The molecule has 0 spiro atoms. The maximum absolute atomic E-state index is 13.0. The topological polar surface area (TPSA) is 88.5 Å². The quantitative estimate of drug-likeness (QED) is 0.0363. The van der Waals surface area contributed by atoms with Crippen LogP contribution in [0.3, 0.4) is 0 Å². The van der Waals surface area contributed by atoms with Crippen LogP contribution < -0.4 is 10.2 Å². The number of carbonyl (C=O) groups excluding carboxylic acids is 1. The molecular formula is C52H68N2NiO3-2. The van der Waals surface area contributed by atoms with Crippen molar-refractivity contribution in [3.63, 3.8) is 0 Å². The Morgan fingerprint density at radius 1 is 0.603 bits per heavy atom. The number of hydrogen-bond donors (Lipinski definition) is 0. The molecule has 0 unspecified atom stereocenters. The Kier molecular flexibility index (Phi) is 20.7. The zero-order valence-electron chi connectivity index (χ0n) is 36.5. The van der Waals surface area contributed by atoms with Crippen molar-refractivity contribution < 1.29 is 36.2 Å². The number of allylic oxidation sites excluding steroid dienone is 2. The summed E-state index contributed by atoms with van der Waals surface area (Å²) < 4.78 is 1.37. The van der Waals surface area contributed by atoms with E-state index in [1.54, 1.807) is 0 Å². The molecule has 0 amide bonds. The van der Waals surface area contributed by atoms with E-state index in [-0.39, 0.29) is 22.3 Å². The predicted octanol–water partition coefficient (Wildman–Crippen LogP) is 13.6. The van der Waals surface area contributed by atoms with Gasteiger partial charge < -0.3 is 15.7 Å². The third-order valence-corrected chi connectivity index (χ3v) is 11.6. The van der Waals surface area contributed by atoms with E-state index in [1.807, 2.05) is 12.1 Å². The number of nitrogens with zero attached hydrogens (tertiary/aromatic N) is 2. The van der Waals surface area contributed by atoms with Gasteiger partial charge in [-0.05, 0) is 121 Å². The Morgan fingerprint density at radius 3 is 1.71 bits per heavy atom. The minimum Gasteiger partial charge on any atom is -0.873 e. The average Bonchev–Trinajstić information content (AvgIpc) is 3.52. The summed E-state index contributed by atoms with van der Waals surface area (Å²) in [6.07, 6.45) is 21.9. The summed E-state index contributed by atoms with van der Waals surface area (Å²) in [5, 5.41) is 25.1. The third kappa shape index (κ3) is 13.0. The molecule has 1 heterocycles. The number of unbranched alkanes of at least 4 members (excludes halogenated alkanes) is 10. The molecule has 5 rings (SSSR count). The maximum Gasteiger partial charge on any atom is 0.210 e. The summed E-state index contributed by atoms with van der Waals surface area (Å²) in [7, 11) is 0. The minimum atomic E-state index is -0.529. The molecule has 0 fully saturated rings. The second-order valence-corrected chi connectivity index (χ2v) is 15.9. The number of fused-ring (bicyclic) bond motifs is 1. The molecule has 1 aliphatic rings. The average molecular weight is 828 g/mol. The van der Waals surface area contributed by atoms with E-state index < -0.39 is 11.5 Å². The third-order valence-electron chi connectivity index (χ3n) is 11.6. The first-order valence-corrected chi connectivity index (χ1v) is 22.2. The zero-order valence-corrected chi connectivity index (χ0v) is 37.5. The van der Waals surface area contributed by atoms with E-state index >= 15 is 0 Å². The van der Waals surface area contributed by atoms with Gasteiger partial charge in [-0.25, -0.2) is 4.70 Å². The van der Waals surface area contributed by atoms with Crippen LogP contribution >= 0.6 is 0 Å². The van der Waals surface area contributed by atoms with E-state index in [1.165, 1.54) is 84.0 Å². The number of rotatable bonds is 21. The first-order chi connectivity index (χ1) is 27.6. The second-order valence-electron chi connectivity index (χ2n) is 15.9. The largest absolute Gasteiger partial charge is 0.873 e. The molecule has 5 nitrogen and oxygen atoms in total. The van der Waals surface area contributed by atoms with Crippen molar-refractivity contribution in [1.29, 1.82) is 0 Å². The monoisotopic (exact) mass is 826 g/mol. The summed E-state index contributed by atoms with van der Waals surface area (Å²) in [6, 6.07) is 19.8. The number of Topliss-reactive ketones (excluding diaryl/α,β-unsaturated/α-hetero) is 1. The van der Waals surface area contributed by atoms with Gasteiger partial charge in [-0.1, -0.05) is 136 Å². The standard InChI is InChI=1S/C27H40O3.C25H30N2.Ni/c1-3-5-7-8-9-10-11-12-14-16-25(28)24-18-21(15-13-6-4-2)17-22-19-26(29)27(30)20-23(22)24;1-6-18-10-12-22(15-20(18)8-3)24-14-17(5)25(27(24)26)23-13-11-19(7-2)21(9-4)16-23;/h17-20,29-30H,3-16H2,1-2H3;10-16H,6-9H2,1-5H3;/p-2. The van der Waals surface area contributed by atoms with Gasteiger partial charge in [-0.3, -0.25) is 4.79 Å². The van der Waals surface area contributed by atoms with E-state index in [0.29, 0.717) is 17.4 Å². The summed E-state index contributed by atoms with van der Waals surface area (Å²) in [4.78, 5) is 13.0. The Labute approximate surface area is 360 Å². The number of hydrogen-bond acceptors (Lipinski definition) is 3. The molecule has 0 radical (unpaired) electrons. The van der Waals surface area contributed by atoms with E-state index in [0.717, 1.165) is 103 Å². The van der Waals surface area contributed by atoms with Crippen molar-refractivity contribution in [2.75, 3.05) is 0 Å². The Morgan fingerprint density at radius 2 is 1.12 bits per heavy atom. The van der Waals surface area contributed by atoms with Crippen LogP contribution in [0.2, 0.25) is 0 Å². The number of carbonyl (C=O) groups is 1. The number of benzene rings is 4. The maximum atomic E-state index is 13.0. The van der Waals surface area contributed by atoms with E-state index in [2.05, 4.69) is 90.9 Å². The smallest absolute Gasteiger partial charge is 0.210 e. The molecule has 0 bridgehead atoms. The first kappa shape index (κ1) is 48.4. The Hall–Kier alpha value is -4.02. The molecule has 58 heavy (non-hydrogen) atoms. The fourth-order valence-electron chi connectivity index (χ4n) is 8.20. The van der Waals surface area contributed by atoms with Gasteiger partial charge in [-0.2, -0.15) is 0 Å². The number of aryl methyl sites for hydroxylation is 5. The molecule has 0 saturated heterocycles. The van der Waals surface area contributed by atoms with Gasteiger partial charge in [-0.15, -0.1) is 11.5 Å². The molecular weight excluding hydrogens is 759 g/mol. The van der Waals surface area contributed by atoms with Crippen LogP contribution in [0.1, 0.15) is 181 Å². The minimum absolute atomic E-state index is 0. The fourth-order valence-corrected chi connectivity index (χ4v) is 8.20. The van der Waals surface area contributed by atoms with Crippen molar-refractivity contribution >= 4 is 27.9 Å². The van der Waals surface area contributed by atoms with Crippen LogP contribution in [-0.4, -0.2) is 10.5 Å². The number of ketones is 1. The Bertz CT molecular complexity index is 2040. The molecule has 6 heteroatoms. The molecule has 0 saturated carbocycles. The van der Waals surface area contributed by atoms with Gasteiger partial charge in [0.05, 0.1) is 0 Å². The molecule has 0 aliphatic carbocycles. The van der Waals surface area contributed by atoms with E-state index in [4.69, 9.17) is 0 Å². The summed E-state index contributed by atoms with van der Waals surface area (Å²) >= 11 is 0. The zero-order chi connectivity index (χ0) is 41.3. The molecule has 4 aromatic rings. The van der Waals surface area contributed by atoms with Gasteiger partial charge in [0.25, 0.3) is 0 Å². The summed E-state index contributed by atoms with van der Waals surface area (Å²) in [5.41, 5.74) is 23.2. The molecule has 0 aromatic heterocycles. The summed E-state index contributed by atoms with van der Waals surface area (Å²) in [5.74, 6) is -0.928. The second kappa shape index (κ2) is 24.8. The van der Waals surface area contributed by atoms with Gasteiger partial charge in [0.2, 0.25) is 11.4 Å². The van der Waals surface area contributed by atoms with Crippen LogP contribution in [0, 0.1) is 0 Å².